The fourth-order valence-electron chi connectivity index (χ4n) is 2.66. The molecular formula is C15H19ClN4O. The van der Waals surface area contributed by atoms with E-state index in [1.54, 1.807) is 0 Å². The van der Waals surface area contributed by atoms with Gasteiger partial charge in [0.1, 0.15) is 0 Å². The second kappa shape index (κ2) is 6.03. The van der Waals surface area contributed by atoms with Crippen molar-refractivity contribution in [3.8, 4) is 0 Å². The molecule has 3 rings (SSSR count). The molecular weight excluding hydrogens is 288 g/mol. The summed E-state index contributed by atoms with van der Waals surface area (Å²) < 4.78 is 5.44. The molecule has 21 heavy (non-hydrogen) atoms. The van der Waals surface area contributed by atoms with Crippen LogP contribution in [0.1, 0.15) is 17.3 Å². The van der Waals surface area contributed by atoms with Gasteiger partial charge in [0, 0.05) is 43.8 Å². The summed E-state index contributed by atoms with van der Waals surface area (Å²) in [7, 11) is 0. The molecule has 6 heteroatoms. The Balaban J connectivity index is 1.61. The van der Waals surface area contributed by atoms with Crippen molar-refractivity contribution in [2.24, 2.45) is 0 Å². The van der Waals surface area contributed by atoms with Crippen LogP contribution in [0.5, 0.6) is 0 Å². The van der Waals surface area contributed by atoms with Crippen LogP contribution in [0.25, 0.3) is 0 Å². The summed E-state index contributed by atoms with van der Waals surface area (Å²) in [5.41, 5.74) is 2.50. The van der Waals surface area contributed by atoms with Gasteiger partial charge < -0.3 is 9.32 Å². The molecule has 1 aliphatic rings. The first kappa shape index (κ1) is 14.4. The highest BCUT2D eigenvalue weighted by atomic mass is 35.5. The van der Waals surface area contributed by atoms with Crippen LogP contribution in [-0.4, -0.2) is 41.3 Å². The van der Waals surface area contributed by atoms with E-state index in [1.165, 1.54) is 11.3 Å². The molecule has 1 saturated heterocycles. The predicted octanol–water partition coefficient (Wildman–Crippen LogP) is 2.66. The number of piperazine rings is 1. The predicted molar refractivity (Wildman–Crippen MR) is 82.7 cm³/mol. The Hall–Kier alpha value is -1.59. The molecule has 0 amide bonds. The molecule has 0 N–H and O–H groups in total. The second-order valence-electron chi connectivity index (χ2n) is 5.41. The van der Waals surface area contributed by atoms with Crippen LogP contribution in [0, 0.1) is 13.8 Å². The summed E-state index contributed by atoms with van der Waals surface area (Å²) in [4.78, 5) is 4.72. The van der Waals surface area contributed by atoms with Crippen LogP contribution in [0.4, 0.5) is 5.69 Å². The molecule has 0 radical (unpaired) electrons. The van der Waals surface area contributed by atoms with E-state index in [0.717, 1.165) is 37.7 Å². The number of aromatic nitrogens is 2. The number of benzene rings is 1. The van der Waals surface area contributed by atoms with Crippen molar-refractivity contribution in [3.63, 3.8) is 0 Å². The number of anilines is 1. The van der Waals surface area contributed by atoms with Crippen LogP contribution >= 0.6 is 11.6 Å². The summed E-state index contributed by atoms with van der Waals surface area (Å²) in [5.74, 6) is 1.32. The maximum Gasteiger partial charge on any atom is 0.230 e. The molecule has 0 unspecified atom stereocenters. The third-order valence-electron chi connectivity index (χ3n) is 3.81. The molecule has 2 aromatic rings. The smallest absolute Gasteiger partial charge is 0.230 e. The van der Waals surface area contributed by atoms with E-state index < -0.39 is 0 Å². The van der Waals surface area contributed by atoms with Gasteiger partial charge in [0.15, 0.2) is 0 Å². The normalized spacial score (nSPS) is 16.4. The first-order chi connectivity index (χ1) is 10.1. The van der Waals surface area contributed by atoms with Gasteiger partial charge in [-0.2, -0.15) is 0 Å². The molecule has 0 aliphatic carbocycles. The van der Waals surface area contributed by atoms with E-state index in [0.29, 0.717) is 11.8 Å². The third kappa shape index (κ3) is 3.36. The molecule has 0 atom stereocenters. The highest BCUT2D eigenvalue weighted by Gasteiger charge is 2.20. The van der Waals surface area contributed by atoms with Gasteiger partial charge in [-0.25, -0.2) is 0 Å². The van der Waals surface area contributed by atoms with E-state index in [-0.39, 0.29) is 0 Å². The lowest BCUT2D eigenvalue weighted by Gasteiger charge is -2.36. The quantitative estimate of drug-likeness (QED) is 0.872. The highest BCUT2D eigenvalue weighted by Crippen LogP contribution is 2.25. The fourth-order valence-corrected chi connectivity index (χ4v) is 2.83. The van der Waals surface area contributed by atoms with Crippen molar-refractivity contribution in [2.75, 3.05) is 31.1 Å². The molecule has 1 aliphatic heterocycles. The summed E-state index contributed by atoms with van der Waals surface area (Å²) in [5, 5.41) is 8.71. The average Bonchev–Trinajstić information content (AvgIpc) is 2.88. The zero-order chi connectivity index (χ0) is 14.8. The van der Waals surface area contributed by atoms with Crippen LogP contribution < -0.4 is 4.90 Å². The fraction of sp³-hybridized carbons (Fsp3) is 0.467. The standard InChI is InChI=1S/C15H19ClN4O/c1-11-3-4-13(16)9-14(11)20-7-5-19(6-8-20)10-15-18-17-12(2)21-15/h3-4,9H,5-8,10H2,1-2H3. The lowest BCUT2D eigenvalue weighted by molar-refractivity contribution is 0.225. The Morgan fingerprint density at radius 1 is 1.14 bits per heavy atom. The van der Waals surface area contributed by atoms with Crippen LogP contribution in [0.2, 0.25) is 5.02 Å². The first-order valence-corrected chi connectivity index (χ1v) is 7.52. The SMILES string of the molecule is Cc1nnc(CN2CCN(c3cc(Cl)ccc3C)CC2)o1. The van der Waals surface area contributed by atoms with Crippen molar-refractivity contribution >= 4 is 17.3 Å². The molecule has 2 heterocycles. The minimum atomic E-state index is 0.623. The van der Waals surface area contributed by atoms with Crippen molar-refractivity contribution in [1.82, 2.24) is 15.1 Å². The summed E-state index contributed by atoms with van der Waals surface area (Å²) in [6.07, 6.45) is 0. The highest BCUT2D eigenvalue weighted by molar-refractivity contribution is 6.30. The van der Waals surface area contributed by atoms with Gasteiger partial charge >= 0.3 is 0 Å². The minimum absolute atomic E-state index is 0.623. The largest absolute Gasteiger partial charge is 0.424 e. The van der Waals surface area contributed by atoms with Crippen molar-refractivity contribution in [2.45, 2.75) is 20.4 Å². The molecule has 0 saturated carbocycles. The molecule has 1 aromatic heterocycles. The van der Waals surface area contributed by atoms with Gasteiger partial charge in [-0.3, -0.25) is 4.90 Å². The molecule has 0 spiro atoms. The Kier molecular flexibility index (Phi) is 4.12. The first-order valence-electron chi connectivity index (χ1n) is 7.14. The van der Waals surface area contributed by atoms with Gasteiger partial charge in [0.25, 0.3) is 0 Å². The number of halogens is 1. The van der Waals surface area contributed by atoms with Gasteiger partial charge in [-0.15, -0.1) is 10.2 Å². The van der Waals surface area contributed by atoms with Crippen molar-refractivity contribution < 1.29 is 4.42 Å². The van der Waals surface area contributed by atoms with Crippen LogP contribution in [0.15, 0.2) is 22.6 Å². The maximum absolute atomic E-state index is 6.11. The number of rotatable bonds is 3. The van der Waals surface area contributed by atoms with E-state index >= 15 is 0 Å². The van der Waals surface area contributed by atoms with Gasteiger partial charge in [-0.05, 0) is 24.6 Å². The molecule has 1 aromatic carbocycles. The van der Waals surface area contributed by atoms with E-state index in [4.69, 9.17) is 16.0 Å². The second-order valence-corrected chi connectivity index (χ2v) is 5.85. The molecule has 0 bridgehead atoms. The summed E-state index contributed by atoms with van der Waals surface area (Å²) >= 11 is 6.11. The lowest BCUT2D eigenvalue weighted by atomic mass is 10.1. The number of hydrogen-bond donors (Lipinski definition) is 0. The van der Waals surface area contributed by atoms with Crippen molar-refractivity contribution in [3.05, 3.63) is 40.6 Å². The average molecular weight is 307 g/mol. The lowest BCUT2D eigenvalue weighted by Crippen LogP contribution is -2.46. The van der Waals surface area contributed by atoms with E-state index in [9.17, 15) is 0 Å². The number of hydrogen-bond acceptors (Lipinski definition) is 5. The van der Waals surface area contributed by atoms with Gasteiger partial charge in [-0.1, -0.05) is 17.7 Å². The third-order valence-corrected chi connectivity index (χ3v) is 4.05. The molecule has 5 nitrogen and oxygen atoms in total. The minimum Gasteiger partial charge on any atom is -0.424 e. The molecule has 112 valence electrons. The van der Waals surface area contributed by atoms with Gasteiger partial charge in [0.05, 0.1) is 6.54 Å². The van der Waals surface area contributed by atoms with E-state index in [1.807, 2.05) is 19.1 Å². The topological polar surface area (TPSA) is 45.4 Å². The van der Waals surface area contributed by atoms with E-state index in [2.05, 4.69) is 33.0 Å². The zero-order valence-corrected chi connectivity index (χ0v) is 13.1. The Labute approximate surface area is 129 Å². The van der Waals surface area contributed by atoms with Crippen LogP contribution in [-0.2, 0) is 6.54 Å². The maximum atomic E-state index is 6.11. The Morgan fingerprint density at radius 3 is 2.57 bits per heavy atom. The monoisotopic (exact) mass is 306 g/mol. The van der Waals surface area contributed by atoms with Crippen molar-refractivity contribution in [1.29, 1.82) is 0 Å². The Bertz CT molecular complexity index is 620. The zero-order valence-electron chi connectivity index (χ0n) is 12.3. The van der Waals surface area contributed by atoms with Crippen LogP contribution in [0.3, 0.4) is 0 Å². The number of aryl methyl sites for hydroxylation is 2. The molecule has 1 fully saturated rings. The summed E-state index contributed by atoms with van der Waals surface area (Å²) in [6.45, 7) is 8.59. The Morgan fingerprint density at radius 2 is 1.90 bits per heavy atom. The summed E-state index contributed by atoms with van der Waals surface area (Å²) in [6, 6.07) is 6.06. The number of nitrogens with zero attached hydrogens (tertiary/aromatic N) is 4. The van der Waals surface area contributed by atoms with Gasteiger partial charge in [0.2, 0.25) is 11.8 Å².